The maximum absolute atomic E-state index is 11.6. The van der Waals surface area contributed by atoms with Crippen LogP contribution >= 0.6 is 0 Å². The van der Waals surface area contributed by atoms with Crippen LogP contribution in [0.25, 0.3) is 0 Å². The third-order valence-electron chi connectivity index (χ3n) is 2.24. The third-order valence-corrected chi connectivity index (χ3v) is 2.24. The van der Waals surface area contributed by atoms with Gasteiger partial charge in [-0.25, -0.2) is 4.79 Å². The van der Waals surface area contributed by atoms with E-state index in [1.54, 1.807) is 24.3 Å². The fraction of sp³-hybridized carbons (Fsp3) is 0.429. The summed E-state index contributed by atoms with van der Waals surface area (Å²) in [5, 5.41) is 8.19. The maximum Gasteiger partial charge on any atom is 0.319 e. The predicted molar refractivity (Wildman–Crippen MR) is 77.2 cm³/mol. The molecule has 0 fully saturated rings. The summed E-state index contributed by atoms with van der Waals surface area (Å²) in [4.78, 5) is 22.5. The molecule has 0 aliphatic carbocycles. The highest BCUT2D eigenvalue weighted by molar-refractivity contribution is 5.91. The Hall–Kier alpha value is -2.04. The molecule has 0 spiro atoms. The molecule has 3 amide bonds. The summed E-state index contributed by atoms with van der Waals surface area (Å²) in [6.45, 7) is 8.20. The average Bonchev–Trinajstić information content (AvgIpc) is 2.28. The molecule has 5 heteroatoms. The second kappa shape index (κ2) is 6.22. The van der Waals surface area contributed by atoms with Crippen molar-refractivity contribution in [3.63, 3.8) is 0 Å². The number of hydrogen-bond acceptors (Lipinski definition) is 2. The zero-order chi connectivity index (χ0) is 14.5. The summed E-state index contributed by atoms with van der Waals surface area (Å²) in [6, 6.07) is 6.72. The average molecular weight is 263 g/mol. The Labute approximate surface area is 113 Å². The van der Waals surface area contributed by atoms with Crippen molar-refractivity contribution < 1.29 is 9.59 Å². The van der Waals surface area contributed by atoms with E-state index >= 15 is 0 Å². The lowest BCUT2D eigenvalue weighted by Crippen LogP contribution is -2.35. The Morgan fingerprint density at radius 1 is 1.00 bits per heavy atom. The van der Waals surface area contributed by atoms with Crippen LogP contribution in [0.3, 0.4) is 0 Å². The molecule has 0 saturated carbocycles. The number of hydrogen-bond donors (Lipinski definition) is 3. The van der Waals surface area contributed by atoms with Gasteiger partial charge in [0.25, 0.3) is 0 Å². The van der Waals surface area contributed by atoms with Gasteiger partial charge in [0.1, 0.15) is 0 Å². The monoisotopic (exact) mass is 263 g/mol. The van der Waals surface area contributed by atoms with E-state index in [1.807, 2.05) is 0 Å². The van der Waals surface area contributed by atoms with E-state index in [-0.39, 0.29) is 17.4 Å². The van der Waals surface area contributed by atoms with E-state index in [4.69, 9.17) is 0 Å². The minimum atomic E-state index is -0.234. The van der Waals surface area contributed by atoms with Crippen molar-refractivity contribution in [3.8, 4) is 0 Å². The van der Waals surface area contributed by atoms with Gasteiger partial charge in [0.2, 0.25) is 5.91 Å². The van der Waals surface area contributed by atoms with Crippen LogP contribution in [-0.4, -0.2) is 18.5 Å². The minimum absolute atomic E-state index is 0.0482. The van der Waals surface area contributed by atoms with Crippen molar-refractivity contribution in [2.75, 3.05) is 17.2 Å². The topological polar surface area (TPSA) is 70.2 Å². The Morgan fingerprint density at radius 3 is 1.89 bits per heavy atom. The van der Waals surface area contributed by atoms with Crippen LogP contribution in [0.1, 0.15) is 27.7 Å². The van der Waals surface area contributed by atoms with E-state index in [1.165, 1.54) is 6.92 Å². The SMILES string of the molecule is CC(=O)Nc1ccc(NC(=O)NCC(C)(C)C)cc1. The molecule has 0 aliphatic rings. The molecule has 0 heterocycles. The largest absolute Gasteiger partial charge is 0.337 e. The highest BCUT2D eigenvalue weighted by atomic mass is 16.2. The van der Waals surface area contributed by atoms with Gasteiger partial charge in [0.15, 0.2) is 0 Å². The highest BCUT2D eigenvalue weighted by Crippen LogP contribution is 2.14. The number of nitrogens with one attached hydrogen (secondary N) is 3. The summed E-state index contributed by atoms with van der Waals surface area (Å²) in [7, 11) is 0. The van der Waals surface area contributed by atoms with Crippen LogP contribution in [0.15, 0.2) is 24.3 Å². The number of benzene rings is 1. The standard InChI is InChI=1S/C14H21N3O2/c1-10(18)16-11-5-7-12(8-6-11)17-13(19)15-9-14(2,3)4/h5-8H,9H2,1-4H3,(H,16,18)(H2,15,17,19). The first-order valence-corrected chi connectivity index (χ1v) is 6.19. The molecule has 0 aliphatic heterocycles. The molecule has 1 rings (SSSR count). The Morgan fingerprint density at radius 2 is 1.47 bits per heavy atom. The number of anilines is 2. The van der Waals surface area contributed by atoms with Crippen LogP contribution in [0, 0.1) is 5.41 Å². The van der Waals surface area contributed by atoms with Crippen LogP contribution in [-0.2, 0) is 4.79 Å². The summed E-state index contributed by atoms with van der Waals surface area (Å²) in [6.07, 6.45) is 0. The lowest BCUT2D eigenvalue weighted by Gasteiger charge is -2.18. The van der Waals surface area contributed by atoms with Crippen molar-refractivity contribution >= 4 is 23.3 Å². The molecule has 1 aromatic carbocycles. The number of carbonyl (C=O) groups excluding carboxylic acids is 2. The first-order valence-electron chi connectivity index (χ1n) is 6.19. The Kier molecular flexibility index (Phi) is 4.92. The Balaban J connectivity index is 2.49. The fourth-order valence-corrected chi connectivity index (χ4v) is 1.36. The molecule has 0 atom stereocenters. The highest BCUT2D eigenvalue weighted by Gasteiger charge is 2.11. The number of carbonyl (C=O) groups is 2. The minimum Gasteiger partial charge on any atom is -0.337 e. The zero-order valence-electron chi connectivity index (χ0n) is 11.8. The van der Waals surface area contributed by atoms with Crippen molar-refractivity contribution in [2.24, 2.45) is 5.41 Å². The Bertz CT molecular complexity index is 447. The lowest BCUT2D eigenvalue weighted by atomic mass is 9.97. The predicted octanol–water partition coefficient (Wildman–Crippen LogP) is 2.81. The van der Waals surface area contributed by atoms with Crippen LogP contribution in [0.4, 0.5) is 16.2 Å². The molecule has 0 saturated heterocycles. The van der Waals surface area contributed by atoms with E-state index in [0.29, 0.717) is 17.9 Å². The summed E-state index contributed by atoms with van der Waals surface area (Å²) in [5.74, 6) is -0.122. The van der Waals surface area contributed by atoms with Crippen LogP contribution in [0.2, 0.25) is 0 Å². The van der Waals surface area contributed by atoms with E-state index in [9.17, 15) is 9.59 Å². The van der Waals surface area contributed by atoms with Crippen molar-refractivity contribution in [1.29, 1.82) is 0 Å². The molecule has 0 radical (unpaired) electrons. The quantitative estimate of drug-likeness (QED) is 0.784. The molecule has 0 bridgehead atoms. The number of urea groups is 1. The first kappa shape index (κ1) is 15.0. The van der Waals surface area contributed by atoms with Crippen LogP contribution in [0.5, 0.6) is 0 Å². The van der Waals surface area contributed by atoms with E-state index in [2.05, 4.69) is 36.7 Å². The molecular weight excluding hydrogens is 242 g/mol. The van der Waals surface area contributed by atoms with E-state index in [0.717, 1.165) is 0 Å². The third kappa shape index (κ3) is 6.45. The summed E-state index contributed by atoms with van der Waals surface area (Å²) in [5.41, 5.74) is 1.43. The lowest BCUT2D eigenvalue weighted by molar-refractivity contribution is -0.114. The molecule has 19 heavy (non-hydrogen) atoms. The van der Waals surface area contributed by atoms with Gasteiger partial charge < -0.3 is 16.0 Å². The van der Waals surface area contributed by atoms with Gasteiger partial charge in [-0.2, -0.15) is 0 Å². The van der Waals surface area contributed by atoms with Crippen LogP contribution < -0.4 is 16.0 Å². The molecule has 1 aromatic rings. The van der Waals surface area contributed by atoms with Crippen molar-refractivity contribution in [3.05, 3.63) is 24.3 Å². The summed E-state index contributed by atoms with van der Waals surface area (Å²) < 4.78 is 0. The second-order valence-corrected chi connectivity index (χ2v) is 5.63. The fourth-order valence-electron chi connectivity index (χ4n) is 1.36. The van der Waals surface area contributed by atoms with Crippen molar-refractivity contribution in [2.45, 2.75) is 27.7 Å². The smallest absolute Gasteiger partial charge is 0.319 e. The van der Waals surface area contributed by atoms with Gasteiger partial charge in [0, 0.05) is 24.8 Å². The number of amides is 3. The van der Waals surface area contributed by atoms with Gasteiger partial charge in [-0.15, -0.1) is 0 Å². The second-order valence-electron chi connectivity index (χ2n) is 5.63. The van der Waals surface area contributed by atoms with Gasteiger partial charge >= 0.3 is 6.03 Å². The molecule has 3 N–H and O–H groups in total. The normalized spacial score (nSPS) is 10.7. The van der Waals surface area contributed by atoms with Gasteiger partial charge in [-0.1, -0.05) is 20.8 Å². The zero-order valence-corrected chi connectivity index (χ0v) is 11.8. The molecule has 104 valence electrons. The maximum atomic E-state index is 11.6. The molecule has 5 nitrogen and oxygen atoms in total. The van der Waals surface area contributed by atoms with Crippen molar-refractivity contribution in [1.82, 2.24) is 5.32 Å². The van der Waals surface area contributed by atoms with Gasteiger partial charge in [-0.05, 0) is 29.7 Å². The number of rotatable bonds is 3. The van der Waals surface area contributed by atoms with E-state index < -0.39 is 0 Å². The molecular formula is C14H21N3O2. The molecule has 0 aromatic heterocycles. The van der Waals surface area contributed by atoms with Gasteiger partial charge in [0.05, 0.1) is 0 Å². The first-order chi connectivity index (χ1) is 8.76. The summed E-state index contributed by atoms with van der Waals surface area (Å²) >= 11 is 0. The van der Waals surface area contributed by atoms with Gasteiger partial charge in [-0.3, -0.25) is 4.79 Å². The molecule has 0 unspecified atom stereocenters.